The Morgan fingerprint density at radius 3 is 1.35 bits per heavy atom. The van der Waals surface area contributed by atoms with E-state index in [1.807, 2.05) is 0 Å². The number of unbranched alkanes of at least 4 members (excludes halogenated alkanes) is 25. The standard InChI is InChI=1S/C37H75NO4.C10H20O2/c1-4-7-10-13-17-22-27-36(28-23-18-14-11-8-5-2)42-37(40)29-24-19-16-21-26-31-38(32-34-41-35-33-39)30-25-20-15-12-9-6-3;1-2-3-4-5-6-7-8-9-12-10-11/h36,39H,4-35H2,1-3H3;10H,2-9H2,1H3. The normalized spacial score (nSPS) is 11.2. The fourth-order valence-electron chi connectivity index (χ4n) is 6.95. The molecule has 0 aromatic rings. The van der Waals surface area contributed by atoms with Gasteiger partial charge in [-0.15, -0.1) is 0 Å². The van der Waals surface area contributed by atoms with Gasteiger partial charge in [-0.3, -0.25) is 9.59 Å². The second-order valence-electron chi connectivity index (χ2n) is 15.8. The molecule has 1 N–H and O–H groups in total. The monoisotopic (exact) mass is 770 g/mol. The third-order valence-corrected chi connectivity index (χ3v) is 10.5. The van der Waals surface area contributed by atoms with Crippen LogP contribution in [-0.2, 0) is 23.8 Å². The first kappa shape index (κ1) is 54.9. The molecule has 0 spiro atoms. The van der Waals surface area contributed by atoms with E-state index in [4.69, 9.17) is 14.6 Å². The van der Waals surface area contributed by atoms with E-state index >= 15 is 0 Å². The molecule has 0 amide bonds. The number of esters is 1. The third kappa shape index (κ3) is 47.0. The molecule has 0 bridgehead atoms. The Morgan fingerprint density at radius 1 is 0.500 bits per heavy atom. The molecule has 7 heteroatoms. The van der Waals surface area contributed by atoms with E-state index in [0.29, 0.717) is 32.7 Å². The van der Waals surface area contributed by atoms with Crippen LogP contribution in [0.5, 0.6) is 0 Å². The molecule has 0 saturated heterocycles. The molecule has 0 aromatic carbocycles. The number of carbonyl (C=O) groups is 2. The van der Waals surface area contributed by atoms with Crippen LogP contribution in [0.15, 0.2) is 0 Å². The van der Waals surface area contributed by atoms with E-state index in [1.54, 1.807) is 0 Å². The highest BCUT2D eigenvalue weighted by atomic mass is 16.5. The van der Waals surface area contributed by atoms with E-state index < -0.39 is 0 Å². The van der Waals surface area contributed by atoms with Crippen molar-refractivity contribution in [2.75, 3.05) is 46.1 Å². The van der Waals surface area contributed by atoms with Crippen molar-refractivity contribution in [1.82, 2.24) is 4.90 Å². The smallest absolute Gasteiger partial charge is 0.306 e. The number of hydrogen-bond acceptors (Lipinski definition) is 7. The molecule has 0 aliphatic carbocycles. The molecular formula is C47H95NO6. The van der Waals surface area contributed by atoms with Crippen LogP contribution >= 0.6 is 0 Å². The van der Waals surface area contributed by atoms with E-state index in [2.05, 4.69) is 37.3 Å². The van der Waals surface area contributed by atoms with Crippen molar-refractivity contribution >= 4 is 12.4 Å². The fraction of sp³-hybridized carbons (Fsp3) is 0.957. The van der Waals surface area contributed by atoms with E-state index in [9.17, 15) is 9.59 Å². The molecule has 0 saturated carbocycles. The van der Waals surface area contributed by atoms with Crippen LogP contribution in [0, 0.1) is 0 Å². The molecule has 0 unspecified atom stereocenters. The molecule has 0 fully saturated rings. The number of aliphatic hydroxyl groups excluding tert-OH is 1. The lowest BCUT2D eigenvalue weighted by Gasteiger charge is -2.22. The van der Waals surface area contributed by atoms with Crippen molar-refractivity contribution in [3.63, 3.8) is 0 Å². The zero-order valence-electron chi connectivity index (χ0n) is 36.9. The molecule has 0 radical (unpaired) electrons. The number of nitrogens with zero attached hydrogens (tertiary/aromatic N) is 1. The van der Waals surface area contributed by atoms with Crippen LogP contribution < -0.4 is 0 Å². The number of carbonyl (C=O) groups excluding carboxylic acids is 2. The Morgan fingerprint density at radius 2 is 0.907 bits per heavy atom. The Labute approximate surface area is 337 Å². The van der Waals surface area contributed by atoms with Crippen LogP contribution in [0.4, 0.5) is 0 Å². The summed E-state index contributed by atoms with van der Waals surface area (Å²) in [5.74, 6) is 0.0324. The van der Waals surface area contributed by atoms with Gasteiger partial charge >= 0.3 is 5.97 Å². The van der Waals surface area contributed by atoms with E-state index in [-0.39, 0.29) is 18.7 Å². The summed E-state index contributed by atoms with van der Waals surface area (Å²) in [6, 6.07) is 0. The van der Waals surface area contributed by atoms with Crippen molar-refractivity contribution in [2.45, 2.75) is 246 Å². The van der Waals surface area contributed by atoms with Gasteiger partial charge in [0.05, 0.1) is 26.4 Å². The molecular weight excluding hydrogens is 675 g/mol. The van der Waals surface area contributed by atoms with Gasteiger partial charge in [0.25, 0.3) is 6.47 Å². The summed E-state index contributed by atoms with van der Waals surface area (Å²) in [7, 11) is 0. The van der Waals surface area contributed by atoms with Crippen LogP contribution in [0.2, 0.25) is 0 Å². The average Bonchev–Trinajstić information content (AvgIpc) is 3.17. The summed E-state index contributed by atoms with van der Waals surface area (Å²) < 4.78 is 16.1. The average molecular weight is 770 g/mol. The van der Waals surface area contributed by atoms with Crippen molar-refractivity contribution < 1.29 is 28.9 Å². The minimum atomic E-state index is 0.0324. The second kappa shape index (κ2) is 49.8. The zero-order valence-corrected chi connectivity index (χ0v) is 36.9. The van der Waals surface area contributed by atoms with Crippen molar-refractivity contribution in [2.24, 2.45) is 0 Å². The van der Waals surface area contributed by atoms with Crippen LogP contribution in [0.25, 0.3) is 0 Å². The quantitative estimate of drug-likeness (QED) is 0.0375. The first-order valence-corrected chi connectivity index (χ1v) is 23.7. The number of hydrogen-bond donors (Lipinski definition) is 1. The Hall–Kier alpha value is -1.18. The molecule has 7 nitrogen and oxygen atoms in total. The minimum absolute atomic E-state index is 0.0324. The number of rotatable bonds is 44. The Balaban J connectivity index is 0. The lowest BCUT2D eigenvalue weighted by molar-refractivity contribution is -0.150. The van der Waals surface area contributed by atoms with E-state index in [0.717, 1.165) is 51.7 Å². The molecule has 324 valence electrons. The van der Waals surface area contributed by atoms with Gasteiger partial charge in [-0.25, -0.2) is 0 Å². The van der Waals surface area contributed by atoms with Crippen LogP contribution in [0.3, 0.4) is 0 Å². The predicted molar refractivity (Wildman–Crippen MR) is 231 cm³/mol. The van der Waals surface area contributed by atoms with E-state index in [1.165, 1.54) is 173 Å². The highest BCUT2D eigenvalue weighted by Crippen LogP contribution is 2.18. The Bertz CT molecular complexity index is 692. The lowest BCUT2D eigenvalue weighted by atomic mass is 10.0. The summed E-state index contributed by atoms with van der Waals surface area (Å²) in [6.45, 7) is 14.6. The van der Waals surface area contributed by atoms with Gasteiger partial charge in [0.15, 0.2) is 0 Å². The molecule has 0 atom stereocenters. The summed E-state index contributed by atoms with van der Waals surface area (Å²) in [4.78, 5) is 25.0. The molecule has 0 rings (SSSR count). The second-order valence-corrected chi connectivity index (χ2v) is 15.8. The molecule has 0 aromatic heterocycles. The first-order chi connectivity index (χ1) is 26.6. The van der Waals surface area contributed by atoms with Gasteiger partial charge in [-0.1, -0.05) is 182 Å². The fourth-order valence-corrected chi connectivity index (χ4v) is 6.95. The summed E-state index contributed by atoms with van der Waals surface area (Å²) in [5.41, 5.74) is 0. The van der Waals surface area contributed by atoms with Gasteiger partial charge < -0.3 is 24.2 Å². The summed E-state index contributed by atoms with van der Waals surface area (Å²) >= 11 is 0. The molecule has 0 aliphatic rings. The Kier molecular flexibility index (Phi) is 50.7. The van der Waals surface area contributed by atoms with Gasteiger partial charge in [-0.2, -0.15) is 0 Å². The highest BCUT2D eigenvalue weighted by molar-refractivity contribution is 5.69. The maximum Gasteiger partial charge on any atom is 0.306 e. The lowest BCUT2D eigenvalue weighted by Crippen LogP contribution is -2.30. The largest absolute Gasteiger partial charge is 0.468 e. The van der Waals surface area contributed by atoms with Crippen molar-refractivity contribution in [1.29, 1.82) is 0 Å². The van der Waals surface area contributed by atoms with Gasteiger partial charge in [0.1, 0.15) is 6.10 Å². The molecule has 0 heterocycles. The summed E-state index contributed by atoms with van der Waals surface area (Å²) in [5, 5.41) is 8.96. The van der Waals surface area contributed by atoms with Crippen LogP contribution in [0.1, 0.15) is 240 Å². The maximum atomic E-state index is 12.7. The minimum Gasteiger partial charge on any atom is -0.468 e. The molecule has 54 heavy (non-hydrogen) atoms. The van der Waals surface area contributed by atoms with Gasteiger partial charge in [-0.05, 0) is 64.5 Å². The first-order valence-electron chi connectivity index (χ1n) is 23.7. The van der Waals surface area contributed by atoms with Crippen LogP contribution in [-0.4, -0.2) is 74.6 Å². The SMILES string of the molecule is CCCCCCCCC(CCCCCCCC)OC(=O)CCCCCCCN(CCCCCCCC)CCOCCO.CCCCCCCCCOC=O. The zero-order chi connectivity index (χ0) is 39.8. The maximum absolute atomic E-state index is 12.7. The van der Waals surface area contributed by atoms with Crippen molar-refractivity contribution in [3.05, 3.63) is 0 Å². The summed E-state index contributed by atoms with van der Waals surface area (Å²) in [6.07, 6.45) is 40.8. The predicted octanol–water partition coefficient (Wildman–Crippen LogP) is 13.3. The van der Waals surface area contributed by atoms with Crippen molar-refractivity contribution in [3.8, 4) is 0 Å². The topological polar surface area (TPSA) is 85.3 Å². The third-order valence-electron chi connectivity index (χ3n) is 10.5. The highest BCUT2D eigenvalue weighted by Gasteiger charge is 2.14. The number of aliphatic hydroxyl groups is 1. The molecule has 0 aliphatic heterocycles. The number of ether oxygens (including phenoxy) is 3. The van der Waals surface area contributed by atoms with Gasteiger partial charge in [0.2, 0.25) is 0 Å². The van der Waals surface area contributed by atoms with Gasteiger partial charge in [0, 0.05) is 13.0 Å².